The molecule has 0 aliphatic rings. The van der Waals surface area contributed by atoms with Gasteiger partial charge in [-0.15, -0.1) is 0 Å². The van der Waals surface area contributed by atoms with Crippen LogP contribution < -0.4 is 10.1 Å². The minimum atomic E-state index is -0.752. The minimum Gasteiger partial charge on any atom is -0.496 e. The van der Waals surface area contributed by atoms with E-state index >= 15 is 0 Å². The number of imide groups is 1. The van der Waals surface area contributed by atoms with Crippen LogP contribution >= 0.6 is 11.6 Å². The number of benzene rings is 2. The van der Waals surface area contributed by atoms with E-state index in [9.17, 15) is 14.4 Å². The van der Waals surface area contributed by atoms with Crippen LogP contribution in [-0.4, -0.2) is 41.3 Å². The van der Waals surface area contributed by atoms with E-state index in [-0.39, 0.29) is 11.1 Å². The van der Waals surface area contributed by atoms with Crippen molar-refractivity contribution in [3.63, 3.8) is 0 Å². The molecule has 2 aromatic carbocycles. The van der Waals surface area contributed by atoms with Crippen LogP contribution in [0, 0.1) is 13.8 Å². The SMILES string of the molecule is COc1ccccc1C(=O)NC(=O)COC(=O)c1ccc(-n2nc(C)c(Cl)c2C)cc1. The summed E-state index contributed by atoms with van der Waals surface area (Å²) in [5, 5.41) is 7.10. The van der Waals surface area contributed by atoms with Crippen molar-refractivity contribution in [3.05, 3.63) is 76.1 Å². The highest BCUT2D eigenvalue weighted by molar-refractivity contribution is 6.31. The molecule has 0 aliphatic heterocycles. The number of carbonyl (C=O) groups is 3. The molecule has 0 unspecified atom stereocenters. The lowest BCUT2D eigenvalue weighted by Crippen LogP contribution is -2.34. The number of ether oxygens (including phenoxy) is 2. The zero-order chi connectivity index (χ0) is 22.5. The van der Waals surface area contributed by atoms with Gasteiger partial charge in [0.15, 0.2) is 6.61 Å². The van der Waals surface area contributed by atoms with Gasteiger partial charge in [-0.3, -0.25) is 14.9 Å². The Bertz CT molecular complexity index is 1140. The topological polar surface area (TPSA) is 99.5 Å². The summed E-state index contributed by atoms with van der Waals surface area (Å²) in [5.74, 6) is -1.77. The molecule has 0 bridgehead atoms. The van der Waals surface area contributed by atoms with Gasteiger partial charge in [0, 0.05) is 0 Å². The minimum absolute atomic E-state index is 0.199. The summed E-state index contributed by atoms with van der Waals surface area (Å²) in [6.45, 7) is 3.05. The van der Waals surface area contributed by atoms with E-state index in [1.54, 1.807) is 54.1 Å². The van der Waals surface area contributed by atoms with Crippen LogP contribution in [0.2, 0.25) is 5.02 Å². The molecule has 0 atom stereocenters. The molecule has 1 heterocycles. The quantitative estimate of drug-likeness (QED) is 0.589. The highest BCUT2D eigenvalue weighted by Crippen LogP contribution is 2.22. The van der Waals surface area contributed by atoms with Gasteiger partial charge in [-0.1, -0.05) is 23.7 Å². The van der Waals surface area contributed by atoms with Crippen LogP contribution in [0.1, 0.15) is 32.1 Å². The van der Waals surface area contributed by atoms with Gasteiger partial charge in [0.05, 0.1) is 40.3 Å². The number of aromatic nitrogens is 2. The van der Waals surface area contributed by atoms with Gasteiger partial charge in [-0.05, 0) is 50.2 Å². The molecule has 2 amide bonds. The molecule has 3 rings (SSSR count). The Balaban J connectivity index is 1.58. The van der Waals surface area contributed by atoms with E-state index in [0.717, 1.165) is 11.4 Å². The average molecular weight is 442 g/mol. The van der Waals surface area contributed by atoms with E-state index < -0.39 is 24.4 Å². The summed E-state index contributed by atoms with van der Waals surface area (Å²) in [6.07, 6.45) is 0. The number of methoxy groups -OCH3 is 1. The molecule has 1 N–H and O–H groups in total. The van der Waals surface area contributed by atoms with Gasteiger partial charge in [-0.2, -0.15) is 5.10 Å². The van der Waals surface area contributed by atoms with E-state index in [2.05, 4.69) is 10.4 Å². The van der Waals surface area contributed by atoms with Crippen molar-refractivity contribution < 1.29 is 23.9 Å². The molecule has 0 saturated carbocycles. The van der Waals surface area contributed by atoms with Gasteiger partial charge in [0.1, 0.15) is 5.75 Å². The number of nitrogens with one attached hydrogen (secondary N) is 1. The first kappa shape index (κ1) is 22.0. The second-order valence-corrected chi connectivity index (χ2v) is 6.98. The van der Waals surface area contributed by atoms with Gasteiger partial charge in [-0.25, -0.2) is 9.48 Å². The second kappa shape index (κ2) is 9.44. The van der Waals surface area contributed by atoms with Gasteiger partial charge in [0.2, 0.25) is 0 Å². The lowest BCUT2D eigenvalue weighted by molar-refractivity contribution is -0.123. The summed E-state index contributed by atoms with van der Waals surface area (Å²) in [6, 6.07) is 13.0. The summed E-state index contributed by atoms with van der Waals surface area (Å²) >= 11 is 6.17. The Hall–Kier alpha value is -3.65. The highest BCUT2D eigenvalue weighted by atomic mass is 35.5. The lowest BCUT2D eigenvalue weighted by Gasteiger charge is -2.09. The molecule has 0 radical (unpaired) electrons. The van der Waals surface area contributed by atoms with E-state index in [1.807, 2.05) is 6.92 Å². The standard InChI is InChI=1S/C22H20ClN3O5/c1-13-20(23)14(2)26(25-13)16-10-8-15(9-11-16)22(29)31-12-19(27)24-21(28)17-6-4-5-7-18(17)30-3/h4-11H,12H2,1-3H3,(H,24,27,28). The van der Waals surface area contributed by atoms with Crippen LogP contribution in [0.4, 0.5) is 0 Å². The van der Waals surface area contributed by atoms with Crippen molar-refractivity contribution in [2.24, 2.45) is 0 Å². The molecule has 0 spiro atoms. The van der Waals surface area contributed by atoms with Crippen molar-refractivity contribution in [2.45, 2.75) is 13.8 Å². The number of esters is 1. The summed E-state index contributed by atoms with van der Waals surface area (Å²) in [7, 11) is 1.42. The number of hydrogen-bond donors (Lipinski definition) is 1. The maximum Gasteiger partial charge on any atom is 0.338 e. The number of para-hydroxylation sites is 1. The van der Waals surface area contributed by atoms with E-state index in [1.165, 1.54) is 13.2 Å². The molecular formula is C22H20ClN3O5. The fraction of sp³-hybridized carbons (Fsp3) is 0.182. The van der Waals surface area contributed by atoms with Crippen molar-refractivity contribution in [1.29, 1.82) is 0 Å². The normalized spacial score (nSPS) is 10.5. The Morgan fingerprint density at radius 3 is 2.35 bits per heavy atom. The molecular weight excluding hydrogens is 422 g/mol. The van der Waals surface area contributed by atoms with Crippen LogP contribution in [0.3, 0.4) is 0 Å². The number of nitrogens with zero attached hydrogens (tertiary/aromatic N) is 2. The number of carbonyl (C=O) groups excluding carboxylic acids is 3. The monoisotopic (exact) mass is 441 g/mol. The zero-order valence-corrected chi connectivity index (χ0v) is 17.9. The first-order valence-electron chi connectivity index (χ1n) is 9.28. The maximum atomic E-state index is 12.2. The summed E-state index contributed by atoms with van der Waals surface area (Å²) in [5.41, 5.74) is 2.66. The maximum absolute atomic E-state index is 12.2. The van der Waals surface area contributed by atoms with Gasteiger partial charge >= 0.3 is 5.97 Å². The van der Waals surface area contributed by atoms with Gasteiger partial charge in [0.25, 0.3) is 11.8 Å². The molecule has 0 saturated heterocycles. The Morgan fingerprint density at radius 1 is 1.06 bits per heavy atom. The lowest BCUT2D eigenvalue weighted by atomic mass is 10.2. The summed E-state index contributed by atoms with van der Waals surface area (Å²) < 4.78 is 11.8. The Kier molecular flexibility index (Phi) is 6.71. The van der Waals surface area contributed by atoms with Crippen molar-refractivity contribution in [1.82, 2.24) is 15.1 Å². The molecule has 8 nitrogen and oxygen atoms in total. The van der Waals surface area contributed by atoms with E-state index in [0.29, 0.717) is 16.5 Å². The first-order valence-corrected chi connectivity index (χ1v) is 9.66. The van der Waals surface area contributed by atoms with Crippen LogP contribution in [0.25, 0.3) is 5.69 Å². The number of halogens is 1. The molecule has 9 heteroatoms. The largest absolute Gasteiger partial charge is 0.496 e. The fourth-order valence-corrected chi connectivity index (χ4v) is 3.01. The average Bonchev–Trinajstić information content (AvgIpc) is 3.04. The number of hydrogen-bond acceptors (Lipinski definition) is 6. The predicted octanol–water partition coefficient (Wildman–Crippen LogP) is 3.26. The molecule has 1 aromatic heterocycles. The van der Waals surface area contributed by atoms with Crippen molar-refractivity contribution >= 4 is 29.4 Å². The zero-order valence-electron chi connectivity index (χ0n) is 17.1. The molecule has 31 heavy (non-hydrogen) atoms. The second-order valence-electron chi connectivity index (χ2n) is 6.60. The first-order chi connectivity index (χ1) is 14.8. The number of aryl methyl sites for hydroxylation is 1. The van der Waals surface area contributed by atoms with Crippen LogP contribution in [0.15, 0.2) is 48.5 Å². The fourth-order valence-electron chi connectivity index (χ4n) is 2.89. The molecule has 160 valence electrons. The third-order valence-corrected chi connectivity index (χ3v) is 5.04. The van der Waals surface area contributed by atoms with Crippen LogP contribution in [0.5, 0.6) is 5.75 Å². The van der Waals surface area contributed by atoms with Gasteiger partial charge < -0.3 is 9.47 Å². The molecule has 0 fully saturated rings. The van der Waals surface area contributed by atoms with Crippen molar-refractivity contribution in [3.8, 4) is 11.4 Å². The third kappa shape index (κ3) is 4.92. The predicted molar refractivity (Wildman–Crippen MR) is 114 cm³/mol. The molecule has 3 aromatic rings. The number of rotatable bonds is 6. The van der Waals surface area contributed by atoms with E-state index in [4.69, 9.17) is 21.1 Å². The molecule has 0 aliphatic carbocycles. The summed E-state index contributed by atoms with van der Waals surface area (Å²) in [4.78, 5) is 36.4. The Labute approximate surface area is 183 Å². The number of amides is 2. The van der Waals surface area contributed by atoms with Crippen LogP contribution in [-0.2, 0) is 9.53 Å². The third-order valence-electron chi connectivity index (χ3n) is 4.49. The Morgan fingerprint density at radius 2 is 1.74 bits per heavy atom. The smallest absolute Gasteiger partial charge is 0.338 e. The van der Waals surface area contributed by atoms with Crippen molar-refractivity contribution in [2.75, 3.05) is 13.7 Å². The highest BCUT2D eigenvalue weighted by Gasteiger charge is 2.17.